The van der Waals surface area contributed by atoms with Crippen molar-refractivity contribution >= 4 is 11.6 Å². The Kier molecular flexibility index (Phi) is 5.79. The number of fused-ring (bicyclic) bond motifs is 1. The summed E-state index contributed by atoms with van der Waals surface area (Å²) in [6.45, 7) is 0.0148. The highest BCUT2D eigenvalue weighted by molar-refractivity contribution is 6.07. The summed E-state index contributed by atoms with van der Waals surface area (Å²) in [4.78, 5) is 13.8. The second kappa shape index (κ2) is 7.88. The van der Waals surface area contributed by atoms with Gasteiger partial charge in [-0.1, -0.05) is 18.2 Å². The highest BCUT2D eigenvalue weighted by atomic mass is 19.4. The molecule has 2 aromatic carbocycles. The normalized spacial score (nSPS) is 15.2. The maximum Gasteiger partial charge on any atom is 0.404 e. The van der Waals surface area contributed by atoms with E-state index >= 15 is 0 Å². The minimum Gasteiger partial charge on any atom is -0.308 e. The molecule has 10 heteroatoms. The standard InChI is InChI=1S/C20H15F8NO/c21-13-5-3-6-14(22)16(13)18(30)29-9-2-1-4-11-10-12(7-8-15(11)29)17(19(23,24)25)20(26,27)28/h3,5-8,10,17H,1-2,4,9H2. The van der Waals surface area contributed by atoms with Gasteiger partial charge < -0.3 is 4.90 Å². The predicted molar refractivity (Wildman–Crippen MR) is 92.3 cm³/mol. The molecule has 0 fully saturated rings. The van der Waals surface area contributed by atoms with Crippen LogP contribution in [-0.4, -0.2) is 24.8 Å². The highest BCUT2D eigenvalue weighted by Gasteiger charge is 2.57. The van der Waals surface area contributed by atoms with E-state index in [1.807, 2.05) is 0 Å². The van der Waals surface area contributed by atoms with Crippen LogP contribution in [0.3, 0.4) is 0 Å². The average molecular weight is 437 g/mol. The van der Waals surface area contributed by atoms with Crippen molar-refractivity contribution in [2.24, 2.45) is 0 Å². The van der Waals surface area contributed by atoms with Crippen molar-refractivity contribution in [2.45, 2.75) is 37.5 Å². The molecular weight excluding hydrogens is 422 g/mol. The molecule has 0 spiro atoms. The molecule has 2 aromatic rings. The molecule has 0 bridgehead atoms. The molecule has 0 radical (unpaired) electrons. The number of anilines is 1. The van der Waals surface area contributed by atoms with Gasteiger partial charge in [0, 0.05) is 12.2 Å². The first-order valence-electron chi connectivity index (χ1n) is 8.93. The molecule has 0 aliphatic carbocycles. The number of halogens is 8. The van der Waals surface area contributed by atoms with Gasteiger partial charge in [0.1, 0.15) is 17.2 Å². The van der Waals surface area contributed by atoms with Gasteiger partial charge >= 0.3 is 12.4 Å². The average Bonchev–Trinajstić information content (AvgIpc) is 2.81. The smallest absolute Gasteiger partial charge is 0.308 e. The topological polar surface area (TPSA) is 20.3 Å². The van der Waals surface area contributed by atoms with Gasteiger partial charge in [-0.15, -0.1) is 0 Å². The first kappa shape index (κ1) is 22.0. The third kappa shape index (κ3) is 4.27. The summed E-state index contributed by atoms with van der Waals surface area (Å²) >= 11 is 0. The van der Waals surface area contributed by atoms with E-state index in [-0.39, 0.29) is 24.2 Å². The molecule has 0 atom stereocenters. The van der Waals surface area contributed by atoms with Crippen LogP contribution in [0.25, 0.3) is 0 Å². The fourth-order valence-corrected chi connectivity index (χ4v) is 3.57. The molecule has 0 N–H and O–H groups in total. The van der Waals surface area contributed by atoms with Gasteiger partial charge in [0.2, 0.25) is 0 Å². The third-order valence-electron chi connectivity index (χ3n) is 4.88. The Bertz CT molecular complexity index is 917. The number of hydrogen-bond acceptors (Lipinski definition) is 1. The molecule has 1 heterocycles. The fourth-order valence-electron chi connectivity index (χ4n) is 3.57. The minimum absolute atomic E-state index is 0.0148. The second-order valence-electron chi connectivity index (χ2n) is 6.91. The molecule has 1 aliphatic heterocycles. The lowest BCUT2D eigenvalue weighted by molar-refractivity contribution is -0.253. The minimum atomic E-state index is -5.55. The zero-order chi connectivity index (χ0) is 22.3. The number of alkyl halides is 6. The molecule has 162 valence electrons. The van der Waals surface area contributed by atoms with Gasteiger partial charge in [0.15, 0.2) is 5.92 Å². The number of nitrogens with zero attached hydrogens (tertiary/aromatic N) is 1. The number of benzene rings is 2. The quantitative estimate of drug-likeness (QED) is 0.516. The van der Waals surface area contributed by atoms with Crippen LogP contribution in [-0.2, 0) is 6.42 Å². The van der Waals surface area contributed by atoms with Gasteiger partial charge in [0.05, 0.1) is 0 Å². The van der Waals surface area contributed by atoms with Gasteiger partial charge in [0.25, 0.3) is 5.91 Å². The van der Waals surface area contributed by atoms with Crippen LogP contribution in [0.2, 0.25) is 0 Å². The highest BCUT2D eigenvalue weighted by Crippen LogP contribution is 2.47. The van der Waals surface area contributed by atoms with Crippen LogP contribution in [0.5, 0.6) is 0 Å². The Hall–Kier alpha value is -2.65. The zero-order valence-corrected chi connectivity index (χ0v) is 15.2. The third-order valence-corrected chi connectivity index (χ3v) is 4.88. The second-order valence-corrected chi connectivity index (χ2v) is 6.91. The van der Waals surface area contributed by atoms with Crippen LogP contribution in [0.15, 0.2) is 36.4 Å². The van der Waals surface area contributed by atoms with E-state index < -0.39 is 46.9 Å². The number of rotatable bonds is 2. The molecule has 1 aliphatic rings. The first-order chi connectivity index (χ1) is 13.9. The first-order valence-corrected chi connectivity index (χ1v) is 8.93. The van der Waals surface area contributed by atoms with E-state index in [0.29, 0.717) is 18.9 Å². The van der Waals surface area contributed by atoms with E-state index in [1.165, 1.54) is 0 Å². The van der Waals surface area contributed by atoms with Crippen molar-refractivity contribution in [3.8, 4) is 0 Å². The van der Waals surface area contributed by atoms with Gasteiger partial charge in [-0.2, -0.15) is 26.3 Å². The van der Waals surface area contributed by atoms with Gasteiger partial charge in [-0.05, 0) is 48.6 Å². The Morgan fingerprint density at radius 3 is 2.07 bits per heavy atom. The summed E-state index contributed by atoms with van der Waals surface area (Å²) in [5.74, 6) is -6.95. The molecule has 30 heavy (non-hydrogen) atoms. The Balaban J connectivity index is 2.07. The molecule has 0 unspecified atom stereocenters. The van der Waals surface area contributed by atoms with Crippen molar-refractivity contribution in [1.29, 1.82) is 0 Å². The fraction of sp³-hybridized carbons (Fsp3) is 0.350. The lowest BCUT2D eigenvalue weighted by atomic mass is 9.94. The monoisotopic (exact) mass is 437 g/mol. The Labute approximate surface area is 166 Å². The Morgan fingerprint density at radius 2 is 1.50 bits per heavy atom. The number of carbonyl (C=O) groups excluding carboxylic acids is 1. The predicted octanol–water partition coefficient (Wildman–Crippen LogP) is 6.16. The van der Waals surface area contributed by atoms with Crippen LogP contribution in [0.1, 0.15) is 40.2 Å². The van der Waals surface area contributed by atoms with Crippen molar-refractivity contribution in [3.05, 3.63) is 64.7 Å². The van der Waals surface area contributed by atoms with E-state index in [0.717, 1.165) is 35.2 Å². The van der Waals surface area contributed by atoms with Gasteiger partial charge in [-0.25, -0.2) is 8.78 Å². The SMILES string of the molecule is O=C(c1c(F)cccc1F)N1CCCCc2cc(C(C(F)(F)F)C(F)(F)F)ccc21. The number of aryl methyl sites for hydroxylation is 1. The van der Waals surface area contributed by atoms with Crippen LogP contribution in [0, 0.1) is 11.6 Å². The number of hydrogen-bond donors (Lipinski definition) is 0. The summed E-state index contributed by atoms with van der Waals surface area (Å²) in [7, 11) is 0. The van der Waals surface area contributed by atoms with Crippen LogP contribution < -0.4 is 4.90 Å². The Morgan fingerprint density at radius 1 is 0.900 bits per heavy atom. The van der Waals surface area contributed by atoms with E-state index in [1.54, 1.807) is 0 Å². The van der Waals surface area contributed by atoms with Crippen molar-refractivity contribution in [3.63, 3.8) is 0 Å². The van der Waals surface area contributed by atoms with Crippen LogP contribution >= 0.6 is 0 Å². The molecular formula is C20H15F8NO. The molecule has 3 rings (SSSR count). The summed E-state index contributed by atoms with van der Waals surface area (Å²) in [6.07, 6.45) is -10.3. The van der Waals surface area contributed by atoms with E-state index in [2.05, 4.69) is 0 Å². The molecule has 0 saturated heterocycles. The molecule has 0 saturated carbocycles. The number of carbonyl (C=O) groups is 1. The summed E-state index contributed by atoms with van der Waals surface area (Å²) < 4.78 is 106. The van der Waals surface area contributed by atoms with Crippen molar-refractivity contribution in [2.75, 3.05) is 11.4 Å². The van der Waals surface area contributed by atoms with Crippen LogP contribution in [0.4, 0.5) is 40.8 Å². The maximum absolute atomic E-state index is 14.0. The largest absolute Gasteiger partial charge is 0.404 e. The van der Waals surface area contributed by atoms with Gasteiger partial charge in [-0.3, -0.25) is 4.79 Å². The molecule has 1 amide bonds. The maximum atomic E-state index is 14.0. The van der Waals surface area contributed by atoms with Crippen molar-refractivity contribution < 1.29 is 39.9 Å². The van der Waals surface area contributed by atoms with Crippen molar-refractivity contribution in [1.82, 2.24) is 0 Å². The lowest BCUT2D eigenvalue weighted by Gasteiger charge is -2.26. The zero-order valence-electron chi connectivity index (χ0n) is 15.2. The van der Waals surface area contributed by atoms with E-state index in [9.17, 15) is 39.9 Å². The lowest BCUT2D eigenvalue weighted by Crippen LogP contribution is -2.35. The molecule has 2 nitrogen and oxygen atoms in total. The number of amides is 1. The van der Waals surface area contributed by atoms with E-state index in [4.69, 9.17) is 0 Å². The summed E-state index contributed by atoms with van der Waals surface area (Å²) in [6, 6.07) is 5.22. The molecule has 0 aromatic heterocycles. The summed E-state index contributed by atoms with van der Waals surface area (Å²) in [5.41, 5.74) is -1.72. The summed E-state index contributed by atoms with van der Waals surface area (Å²) in [5, 5.41) is 0.